The second-order valence-corrected chi connectivity index (χ2v) is 5.22. The number of nitrogens with one attached hydrogen (secondary N) is 2. The van der Waals surface area contributed by atoms with E-state index in [-0.39, 0.29) is 6.10 Å². The largest absolute Gasteiger partial charge is 0.377 e. The third-order valence-corrected chi connectivity index (χ3v) is 2.84. The molecule has 5 nitrogen and oxygen atoms in total. The van der Waals surface area contributed by atoms with E-state index in [0.29, 0.717) is 5.92 Å². The summed E-state index contributed by atoms with van der Waals surface area (Å²) >= 11 is 0. The lowest BCUT2D eigenvalue weighted by Crippen LogP contribution is -2.21. The van der Waals surface area contributed by atoms with E-state index >= 15 is 0 Å². The Bertz CT molecular complexity index is 395. The highest BCUT2D eigenvalue weighted by Gasteiger charge is 2.09. The van der Waals surface area contributed by atoms with Crippen molar-refractivity contribution in [3.63, 3.8) is 0 Å². The third-order valence-electron chi connectivity index (χ3n) is 2.84. The first-order valence-corrected chi connectivity index (χ1v) is 7.55. The Morgan fingerprint density at radius 3 is 2.30 bits per heavy atom. The zero-order chi connectivity index (χ0) is 15.0. The molecule has 0 amide bonds. The van der Waals surface area contributed by atoms with Crippen LogP contribution in [-0.2, 0) is 4.74 Å². The summed E-state index contributed by atoms with van der Waals surface area (Å²) in [5.74, 6) is 2.91. The van der Waals surface area contributed by atoms with Crippen molar-refractivity contribution >= 4 is 11.6 Å². The summed E-state index contributed by atoms with van der Waals surface area (Å²) < 4.78 is 5.51. The molecule has 0 bridgehead atoms. The van der Waals surface area contributed by atoms with Gasteiger partial charge in [0.25, 0.3) is 0 Å². The van der Waals surface area contributed by atoms with Crippen molar-refractivity contribution in [1.29, 1.82) is 0 Å². The average molecular weight is 280 g/mol. The minimum absolute atomic E-state index is 0.171. The van der Waals surface area contributed by atoms with Crippen LogP contribution in [0.5, 0.6) is 0 Å². The number of aromatic nitrogens is 2. The van der Waals surface area contributed by atoms with Crippen LogP contribution in [0.25, 0.3) is 0 Å². The highest BCUT2D eigenvalue weighted by molar-refractivity contribution is 5.47. The summed E-state index contributed by atoms with van der Waals surface area (Å²) in [6.07, 6.45) is 1.25. The molecule has 2 N–H and O–H groups in total. The van der Waals surface area contributed by atoms with Crippen molar-refractivity contribution in [3.05, 3.63) is 11.9 Å². The minimum atomic E-state index is 0.171. The molecule has 0 aromatic carbocycles. The molecular weight excluding hydrogens is 252 g/mol. The van der Waals surface area contributed by atoms with Crippen molar-refractivity contribution in [2.24, 2.45) is 0 Å². The second-order valence-electron chi connectivity index (χ2n) is 5.22. The fourth-order valence-corrected chi connectivity index (χ4v) is 1.75. The van der Waals surface area contributed by atoms with Crippen molar-refractivity contribution in [2.75, 3.05) is 30.3 Å². The lowest BCUT2D eigenvalue weighted by atomic mass is 10.2. The van der Waals surface area contributed by atoms with Gasteiger partial charge in [-0.2, -0.15) is 0 Å². The quantitative estimate of drug-likeness (QED) is 0.727. The molecule has 0 aliphatic rings. The van der Waals surface area contributed by atoms with Crippen LogP contribution in [0, 0.1) is 0 Å². The Balaban J connectivity index is 2.74. The van der Waals surface area contributed by atoms with Crippen LogP contribution in [0.3, 0.4) is 0 Å². The maximum atomic E-state index is 5.51. The topological polar surface area (TPSA) is 59.1 Å². The van der Waals surface area contributed by atoms with Crippen LogP contribution in [0.2, 0.25) is 0 Å². The molecule has 114 valence electrons. The van der Waals surface area contributed by atoms with Crippen LogP contribution >= 0.6 is 0 Å². The van der Waals surface area contributed by atoms with Gasteiger partial charge in [-0.3, -0.25) is 0 Å². The Hall–Kier alpha value is -1.36. The summed E-state index contributed by atoms with van der Waals surface area (Å²) in [5, 5.41) is 6.65. The van der Waals surface area contributed by atoms with Crippen molar-refractivity contribution in [1.82, 2.24) is 9.97 Å². The zero-order valence-electron chi connectivity index (χ0n) is 13.4. The van der Waals surface area contributed by atoms with Crippen molar-refractivity contribution in [2.45, 2.75) is 53.1 Å². The Labute approximate surface area is 122 Å². The van der Waals surface area contributed by atoms with Gasteiger partial charge in [-0.05, 0) is 20.3 Å². The van der Waals surface area contributed by atoms with E-state index < -0.39 is 0 Å². The molecule has 0 aliphatic heterocycles. The molecule has 0 saturated heterocycles. The maximum Gasteiger partial charge on any atom is 0.135 e. The van der Waals surface area contributed by atoms with Gasteiger partial charge in [0.1, 0.15) is 17.5 Å². The van der Waals surface area contributed by atoms with Gasteiger partial charge in [0, 0.05) is 31.7 Å². The lowest BCUT2D eigenvalue weighted by Gasteiger charge is -2.15. The standard InChI is InChI=1S/C15H28N4O/c1-6-8-16-13-9-14(17-10-12(5)20-7-2)19-15(18-13)11(3)4/h9,11-12H,6-8,10H2,1-5H3,(H2,16,17,18,19). The van der Waals surface area contributed by atoms with Gasteiger partial charge in [0.2, 0.25) is 0 Å². The molecular formula is C15H28N4O. The highest BCUT2D eigenvalue weighted by Crippen LogP contribution is 2.17. The normalized spacial score (nSPS) is 12.5. The Kier molecular flexibility index (Phi) is 7.30. The van der Waals surface area contributed by atoms with Crippen molar-refractivity contribution in [3.8, 4) is 0 Å². The van der Waals surface area contributed by atoms with Gasteiger partial charge in [0.15, 0.2) is 0 Å². The molecule has 1 heterocycles. The number of hydrogen-bond donors (Lipinski definition) is 2. The highest BCUT2D eigenvalue weighted by atomic mass is 16.5. The van der Waals surface area contributed by atoms with Crippen LogP contribution in [0.1, 0.15) is 52.8 Å². The predicted octanol–water partition coefficient (Wildman–Crippen LogP) is 3.26. The van der Waals surface area contributed by atoms with Crippen LogP contribution < -0.4 is 10.6 Å². The van der Waals surface area contributed by atoms with E-state index in [1.807, 2.05) is 13.0 Å². The molecule has 1 aromatic rings. The van der Waals surface area contributed by atoms with Gasteiger partial charge in [0.05, 0.1) is 6.10 Å². The number of hydrogen-bond acceptors (Lipinski definition) is 5. The van der Waals surface area contributed by atoms with E-state index in [2.05, 4.69) is 48.3 Å². The molecule has 0 spiro atoms. The molecule has 1 atom stereocenters. The SMILES string of the molecule is CCCNc1cc(NCC(C)OCC)nc(C(C)C)n1. The average Bonchev–Trinajstić information content (AvgIpc) is 2.43. The molecule has 1 unspecified atom stereocenters. The van der Waals surface area contributed by atoms with Gasteiger partial charge < -0.3 is 15.4 Å². The zero-order valence-corrected chi connectivity index (χ0v) is 13.4. The maximum absolute atomic E-state index is 5.51. The predicted molar refractivity (Wildman–Crippen MR) is 84.5 cm³/mol. The number of rotatable bonds is 9. The first-order valence-electron chi connectivity index (χ1n) is 7.55. The third kappa shape index (κ3) is 5.74. The molecule has 0 saturated carbocycles. The smallest absolute Gasteiger partial charge is 0.135 e. The molecule has 0 radical (unpaired) electrons. The Morgan fingerprint density at radius 1 is 1.10 bits per heavy atom. The van der Waals surface area contributed by atoms with E-state index in [4.69, 9.17) is 4.74 Å². The summed E-state index contributed by atoms with van der Waals surface area (Å²) in [6, 6.07) is 1.96. The monoisotopic (exact) mass is 280 g/mol. The number of nitrogens with zero attached hydrogens (tertiary/aromatic N) is 2. The fourth-order valence-electron chi connectivity index (χ4n) is 1.75. The number of anilines is 2. The van der Waals surface area contributed by atoms with E-state index in [0.717, 1.165) is 43.6 Å². The first-order chi connectivity index (χ1) is 9.56. The van der Waals surface area contributed by atoms with E-state index in [1.165, 1.54) is 0 Å². The molecule has 5 heteroatoms. The van der Waals surface area contributed by atoms with Gasteiger partial charge in [-0.15, -0.1) is 0 Å². The van der Waals surface area contributed by atoms with E-state index in [1.54, 1.807) is 0 Å². The van der Waals surface area contributed by atoms with Gasteiger partial charge >= 0.3 is 0 Å². The second kappa shape index (κ2) is 8.74. The van der Waals surface area contributed by atoms with Gasteiger partial charge in [-0.25, -0.2) is 9.97 Å². The van der Waals surface area contributed by atoms with Crippen LogP contribution in [0.15, 0.2) is 6.07 Å². The van der Waals surface area contributed by atoms with Crippen molar-refractivity contribution < 1.29 is 4.74 Å². The number of ether oxygens (including phenoxy) is 1. The Morgan fingerprint density at radius 2 is 1.75 bits per heavy atom. The van der Waals surface area contributed by atoms with Crippen LogP contribution in [-0.4, -0.2) is 35.8 Å². The molecule has 1 rings (SSSR count). The van der Waals surface area contributed by atoms with E-state index in [9.17, 15) is 0 Å². The van der Waals surface area contributed by atoms with Gasteiger partial charge in [-0.1, -0.05) is 20.8 Å². The molecule has 0 aliphatic carbocycles. The molecule has 20 heavy (non-hydrogen) atoms. The molecule has 0 fully saturated rings. The summed E-state index contributed by atoms with van der Waals surface area (Å²) in [6.45, 7) is 12.8. The summed E-state index contributed by atoms with van der Waals surface area (Å²) in [4.78, 5) is 9.10. The lowest BCUT2D eigenvalue weighted by molar-refractivity contribution is 0.0855. The summed E-state index contributed by atoms with van der Waals surface area (Å²) in [5.41, 5.74) is 0. The van der Waals surface area contributed by atoms with Crippen LogP contribution in [0.4, 0.5) is 11.6 Å². The fraction of sp³-hybridized carbons (Fsp3) is 0.733. The molecule has 1 aromatic heterocycles. The minimum Gasteiger partial charge on any atom is -0.377 e. The summed E-state index contributed by atoms with van der Waals surface area (Å²) in [7, 11) is 0. The first kappa shape index (κ1) is 16.7.